The highest BCUT2D eigenvalue weighted by Crippen LogP contribution is 2.38. The van der Waals surface area contributed by atoms with E-state index in [9.17, 15) is 0 Å². The van der Waals surface area contributed by atoms with Crippen molar-refractivity contribution in [2.75, 3.05) is 18.5 Å². The number of benzene rings is 2. The molecule has 0 aliphatic carbocycles. The summed E-state index contributed by atoms with van der Waals surface area (Å²) < 4.78 is 0. The summed E-state index contributed by atoms with van der Waals surface area (Å²) in [5.74, 6) is 0. The van der Waals surface area contributed by atoms with E-state index in [0.29, 0.717) is 7.92 Å². The van der Waals surface area contributed by atoms with Crippen molar-refractivity contribution in [1.29, 1.82) is 0 Å². The molecule has 0 spiro atoms. The van der Waals surface area contributed by atoms with Crippen molar-refractivity contribution in [3.8, 4) is 11.1 Å². The van der Waals surface area contributed by atoms with Gasteiger partial charge in [0.1, 0.15) is 0 Å². The lowest BCUT2D eigenvalue weighted by molar-refractivity contribution is 0.847. The maximum atomic E-state index is 2.31. The topological polar surface area (TPSA) is 0 Å². The van der Waals surface area contributed by atoms with Gasteiger partial charge in [-0.1, -0.05) is 101 Å². The summed E-state index contributed by atoms with van der Waals surface area (Å²) in [5, 5.41) is 0. The van der Waals surface area contributed by atoms with Gasteiger partial charge in [-0.2, -0.15) is 0 Å². The molecule has 0 N–H and O–H groups in total. The fourth-order valence-corrected chi connectivity index (χ4v) is 5.70. The monoisotopic (exact) mass is 356 g/mol. The minimum absolute atomic E-state index is 0.422. The van der Waals surface area contributed by atoms with Gasteiger partial charge in [0.15, 0.2) is 0 Å². The van der Waals surface area contributed by atoms with Crippen molar-refractivity contribution in [2.45, 2.75) is 59.3 Å². The number of hydrogen-bond acceptors (Lipinski definition) is 0. The standard InChI is InChI=1S/C12H27P.C12H10/c1-4-7-10-13(11-8-5-2)12-9-6-3;1-3-7-11(8-4-1)12-9-5-2-6-10-12/h4-12H2,1-3H3;1-10H. The van der Waals surface area contributed by atoms with E-state index in [0.717, 1.165) is 0 Å². The third-order valence-electron chi connectivity index (χ3n) is 4.36. The lowest BCUT2D eigenvalue weighted by Crippen LogP contribution is -1.95. The van der Waals surface area contributed by atoms with Crippen LogP contribution in [0.1, 0.15) is 59.3 Å². The van der Waals surface area contributed by atoms with Gasteiger partial charge in [0, 0.05) is 0 Å². The molecular formula is C24H37P. The average molecular weight is 357 g/mol. The molecule has 0 radical (unpaired) electrons. The van der Waals surface area contributed by atoms with E-state index < -0.39 is 0 Å². The van der Waals surface area contributed by atoms with Gasteiger partial charge >= 0.3 is 0 Å². The highest BCUT2D eigenvalue weighted by molar-refractivity contribution is 7.57. The molecule has 0 fully saturated rings. The highest BCUT2D eigenvalue weighted by Gasteiger charge is 2.05. The Hall–Kier alpha value is -1.13. The highest BCUT2D eigenvalue weighted by atomic mass is 31.1. The first-order chi connectivity index (χ1) is 12.3. The first-order valence-electron chi connectivity index (χ1n) is 10.1. The van der Waals surface area contributed by atoms with Crippen molar-refractivity contribution in [3.63, 3.8) is 0 Å². The van der Waals surface area contributed by atoms with Gasteiger partial charge in [-0.25, -0.2) is 0 Å². The summed E-state index contributed by atoms with van der Waals surface area (Å²) in [6.45, 7) is 6.94. The van der Waals surface area contributed by atoms with Crippen LogP contribution in [-0.4, -0.2) is 18.5 Å². The molecule has 1 heteroatoms. The van der Waals surface area contributed by atoms with E-state index >= 15 is 0 Å². The van der Waals surface area contributed by atoms with E-state index in [1.807, 2.05) is 12.1 Å². The van der Waals surface area contributed by atoms with Crippen molar-refractivity contribution in [3.05, 3.63) is 60.7 Å². The van der Waals surface area contributed by atoms with Gasteiger partial charge in [0.2, 0.25) is 0 Å². The minimum atomic E-state index is 0.422. The summed E-state index contributed by atoms with van der Waals surface area (Å²) in [6.07, 6.45) is 13.2. The molecule has 138 valence electrons. The second kappa shape index (κ2) is 15.2. The summed E-state index contributed by atoms with van der Waals surface area (Å²) in [4.78, 5) is 0. The van der Waals surface area contributed by atoms with Crippen LogP contribution >= 0.6 is 7.92 Å². The number of rotatable bonds is 10. The van der Waals surface area contributed by atoms with E-state index in [-0.39, 0.29) is 0 Å². The van der Waals surface area contributed by atoms with Gasteiger partial charge < -0.3 is 0 Å². The van der Waals surface area contributed by atoms with E-state index in [4.69, 9.17) is 0 Å². The minimum Gasteiger partial charge on any atom is -0.107 e. The summed E-state index contributed by atoms with van der Waals surface area (Å²) in [7, 11) is 0.422. The van der Waals surface area contributed by atoms with Gasteiger partial charge in [-0.05, 0) is 48.9 Å². The van der Waals surface area contributed by atoms with Crippen LogP contribution in [0.3, 0.4) is 0 Å². The van der Waals surface area contributed by atoms with Crippen LogP contribution in [0.4, 0.5) is 0 Å². The van der Waals surface area contributed by atoms with Crippen molar-refractivity contribution >= 4 is 7.92 Å². The van der Waals surface area contributed by atoms with Crippen LogP contribution < -0.4 is 0 Å². The molecule has 0 aliphatic rings. The second-order valence-electron chi connectivity index (χ2n) is 6.63. The third kappa shape index (κ3) is 10.5. The Morgan fingerprint density at radius 3 is 1.12 bits per heavy atom. The Morgan fingerprint density at radius 1 is 0.520 bits per heavy atom. The zero-order valence-corrected chi connectivity index (χ0v) is 17.5. The molecule has 0 saturated carbocycles. The Kier molecular flexibility index (Phi) is 13.3. The molecule has 0 aliphatic heterocycles. The molecule has 0 heterocycles. The summed E-state index contributed by atoms with van der Waals surface area (Å²) >= 11 is 0. The zero-order valence-electron chi connectivity index (χ0n) is 16.6. The Morgan fingerprint density at radius 2 is 0.840 bits per heavy atom. The molecule has 25 heavy (non-hydrogen) atoms. The van der Waals surface area contributed by atoms with Gasteiger partial charge in [-0.3, -0.25) is 0 Å². The molecule has 0 bridgehead atoms. The van der Waals surface area contributed by atoms with Gasteiger partial charge in [0.25, 0.3) is 0 Å². The van der Waals surface area contributed by atoms with Crippen LogP contribution in [0, 0.1) is 0 Å². The number of hydrogen-bond donors (Lipinski definition) is 0. The van der Waals surface area contributed by atoms with Crippen LogP contribution in [-0.2, 0) is 0 Å². The van der Waals surface area contributed by atoms with E-state index in [1.54, 1.807) is 18.5 Å². The molecule has 2 aromatic rings. The predicted molar refractivity (Wildman–Crippen MR) is 118 cm³/mol. The SMILES string of the molecule is CCCCP(CCCC)CCCC.c1ccc(-c2ccccc2)cc1. The molecule has 0 atom stereocenters. The van der Waals surface area contributed by atoms with Crippen molar-refractivity contribution < 1.29 is 0 Å². The molecule has 0 amide bonds. The lowest BCUT2D eigenvalue weighted by Gasteiger charge is -2.16. The summed E-state index contributed by atoms with van der Waals surface area (Å²) in [5.41, 5.74) is 2.55. The third-order valence-corrected chi connectivity index (χ3v) is 7.21. The maximum absolute atomic E-state index is 2.31. The molecule has 0 saturated heterocycles. The smallest absolute Gasteiger partial charge is 0.0184 e. The first-order valence-corrected chi connectivity index (χ1v) is 12.0. The van der Waals surface area contributed by atoms with Gasteiger partial charge in [-0.15, -0.1) is 7.92 Å². The first kappa shape index (κ1) is 21.9. The Balaban J connectivity index is 0.000000250. The second-order valence-corrected chi connectivity index (χ2v) is 9.32. The molecule has 0 nitrogen and oxygen atoms in total. The van der Waals surface area contributed by atoms with Crippen LogP contribution in [0.5, 0.6) is 0 Å². The number of unbranched alkanes of at least 4 members (excludes halogenated alkanes) is 3. The predicted octanol–water partition coefficient (Wildman–Crippen LogP) is 8.22. The van der Waals surface area contributed by atoms with Crippen LogP contribution in [0.2, 0.25) is 0 Å². The van der Waals surface area contributed by atoms with E-state index in [2.05, 4.69) is 69.3 Å². The molecule has 0 unspecified atom stereocenters. The fraction of sp³-hybridized carbons (Fsp3) is 0.500. The largest absolute Gasteiger partial charge is 0.107 e. The lowest BCUT2D eigenvalue weighted by atomic mass is 10.1. The average Bonchev–Trinajstić information content (AvgIpc) is 2.69. The van der Waals surface area contributed by atoms with Crippen LogP contribution in [0.15, 0.2) is 60.7 Å². The van der Waals surface area contributed by atoms with Crippen molar-refractivity contribution in [2.24, 2.45) is 0 Å². The molecular weight excluding hydrogens is 319 g/mol. The van der Waals surface area contributed by atoms with Gasteiger partial charge in [0.05, 0.1) is 0 Å². The fourth-order valence-electron chi connectivity index (χ4n) is 2.74. The normalized spacial score (nSPS) is 10.4. The van der Waals surface area contributed by atoms with Crippen LogP contribution in [0.25, 0.3) is 11.1 Å². The molecule has 2 aromatic carbocycles. The Bertz CT molecular complexity index is 450. The molecule has 2 rings (SSSR count). The van der Waals surface area contributed by atoms with E-state index in [1.165, 1.54) is 49.7 Å². The zero-order chi connectivity index (χ0) is 18.2. The van der Waals surface area contributed by atoms with Crippen molar-refractivity contribution in [1.82, 2.24) is 0 Å². The quantitative estimate of drug-likeness (QED) is 0.376. The maximum Gasteiger partial charge on any atom is -0.0184 e. The Labute approximate surface area is 157 Å². The summed E-state index contributed by atoms with van der Waals surface area (Å²) in [6, 6.07) is 20.8. The molecule has 0 aromatic heterocycles.